The summed E-state index contributed by atoms with van der Waals surface area (Å²) in [5, 5.41) is 18.5. The van der Waals surface area contributed by atoms with Crippen LogP contribution in [0.2, 0.25) is 0 Å². The number of aryl methyl sites for hydroxylation is 1. The van der Waals surface area contributed by atoms with Crippen molar-refractivity contribution in [3.05, 3.63) is 53.3 Å². The van der Waals surface area contributed by atoms with Crippen LogP contribution in [0.25, 0.3) is 0 Å². The third-order valence-corrected chi connectivity index (χ3v) is 3.49. The molecule has 0 saturated heterocycles. The van der Waals surface area contributed by atoms with Crippen LogP contribution in [-0.2, 0) is 6.54 Å². The van der Waals surface area contributed by atoms with Gasteiger partial charge in [0.15, 0.2) is 0 Å². The lowest BCUT2D eigenvalue weighted by atomic mass is 9.78. The van der Waals surface area contributed by atoms with Gasteiger partial charge in [0.1, 0.15) is 11.6 Å². The minimum atomic E-state index is -1.83. The molecule has 0 aromatic heterocycles. The smallest absolute Gasteiger partial charge is 0.491 e. The molecule has 22 heavy (non-hydrogen) atoms. The van der Waals surface area contributed by atoms with Crippen molar-refractivity contribution >= 4 is 18.3 Å². The minimum absolute atomic E-state index is 0.114. The number of hydrogen-bond acceptors (Lipinski definition) is 4. The highest BCUT2D eigenvalue weighted by Crippen LogP contribution is 2.21. The van der Waals surface area contributed by atoms with E-state index in [0.717, 1.165) is 16.9 Å². The van der Waals surface area contributed by atoms with Gasteiger partial charge in [0.2, 0.25) is 0 Å². The number of methoxy groups -OCH3 is 1. The second-order valence-electron chi connectivity index (χ2n) is 5.27. The first kappa shape index (κ1) is 16.3. The largest absolute Gasteiger partial charge is 0.497 e. The number of benzene rings is 2. The third-order valence-electron chi connectivity index (χ3n) is 3.49. The summed E-state index contributed by atoms with van der Waals surface area (Å²) in [6.45, 7) is 2.28. The highest BCUT2D eigenvalue weighted by Gasteiger charge is 2.21. The number of rotatable bonds is 5. The van der Waals surface area contributed by atoms with Crippen LogP contribution >= 0.6 is 0 Å². The lowest BCUT2D eigenvalue weighted by Gasteiger charge is -2.22. The van der Waals surface area contributed by atoms with Crippen LogP contribution in [0.5, 0.6) is 5.75 Å². The summed E-state index contributed by atoms with van der Waals surface area (Å²) < 4.78 is 19.5. The summed E-state index contributed by atoms with van der Waals surface area (Å²) in [5.74, 6) is 0.149. The van der Waals surface area contributed by atoms with Crippen molar-refractivity contribution in [2.45, 2.75) is 13.5 Å². The lowest BCUT2D eigenvalue weighted by Crippen LogP contribution is -2.34. The molecule has 2 aromatic carbocycles. The number of hydrogen-bond donors (Lipinski definition) is 2. The maximum atomic E-state index is 14.4. The lowest BCUT2D eigenvalue weighted by molar-refractivity contribution is 0.414. The Bertz CT molecular complexity index is 647. The fourth-order valence-electron chi connectivity index (χ4n) is 2.33. The molecular formula is C16H19BFNO3. The molecule has 0 bridgehead atoms. The zero-order valence-electron chi connectivity index (χ0n) is 12.9. The van der Waals surface area contributed by atoms with Gasteiger partial charge in [-0.25, -0.2) is 4.39 Å². The molecule has 2 N–H and O–H groups in total. The standard InChI is InChI=1S/C16H19BFNO3/c1-11-8-14(17(20)21)16(18)15(9-11)19(2)10-12-4-6-13(22-3)7-5-12/h4-9,20-21H,10H2,1-3H3. The van der Waals surface area contributed by atoms with Crippen LogP contribution in [0.1, 0.15) is 11.1 Å². The molecule has 2 rings (SSSR count). The molecule has 0 aliphatic heterocycles. The van der Waals surface area contributed by atoms with E-state index >= 15 is 0 Å². The van der Waals surface area contributed by atoms with Crippen LogP contribution in [0.4, 0.5) is 10.1 Å². The quantitative estimate of drug-likeness (QED) is 0.821. The van der Waals surface area contributed by atoms with Crippen molar-refractivity contribution in [1.29, 1.82) is 0 Å². The number of nitrogens with zero attached hydrogens (tertiary/aromatic N) is 1. The van der Waals surface area contributed by atoms with E-state index in [4.69, 9.17) is 4.74 Å². The molecule has 0 atom stereocenters. The Kier molecular flexibility index (Phi) is 5.05. The van der Waals surface area contributed by atoms with Crippen molar-refractivity contribution in [2.24, 2.45) is 0 Å². The first-order chi connectivity index (χ1) is 10.4. The average molecular weight is 303 g/mol. The molecule has 0 amide bonds. The Morgan fingerprint density at radius 2 is 1.82 bits per heavy atom. The summed E-state index contributed by atoms with van der Waals surface area (Å²) in [6, 6.07) is 10.6. The third kappa shape index (κ3) is 3.58. The zero-order valence-corrected chi connectivity index (χ0v) is 12.9. The van der Waals surface area contributed by atoms with Gasteiger partial charge in [-0.05, 0) is 36.2 Å². The topological polar surface area (TPSA) is 52.9 Å². The fraction of sp³-hybridized carbons (Fsp3) is 0.250. The Balaban J connectivity index is 2.26. The van der Waals surface area contributed by atoms with Crippen molar-refractivity contribution < 1.29 is 19.2 Å². The van der Waals surface area contributed by atoms with Gasteiger partial charge in [-0.1, -0.05) is 18.2 Å². The van der Waals surface area contributed by atoms with Gasteiger partial charge in [-0.15, -0.1) is 0 Å². The summed E-state index contributed by atoms with van der Waals surface area (Å²) >= 11 is 0. The van der Waals surface area contributed by atoms with Gasteiger partial charge in [0, 0.05) is 19.1 Å². The normalized spacial score (nSPS) is 10.5. The molecule has 0 heterocycles. The number of halogens is 1. The zero-order chi connectivity index (χ0) is 16.3. The van der Waals surface area contributed by atoms with E-state index in [1.807, 2.05) is 24.3 Å². The van der Waals surface area contributed by atoms with E-state index in [1.54, 1.807) is 32.0 Å². The first-order valence-electron chi connectivity index (χ1n) is 6.92. The van der Waals surface area contributed by atoms with Gasteiger partial charge in [0.05, 0.1) is 12.8 Å². The van der Waals surface area contributed by atoms with Gasteiger partial charge < -0.3 is 19.7 Å². The molecule has 0 fully saturated rings. The average Bonchev–Trinajstić information content (AvgIpc) is 2.49. The first-order valence-corrected chi connectivity index (χ1v) is 6.92. The molecule has 0 unspecified atom stereocenters. The van der Waals surface area contributed by atoms with E-state index in [1.165, 1.54) is 6.07 Å². The van der Waals surface area contributed by atoms with Gasteiger partial charge in [0.25, 0.3) is 0 Å². The molecule has 0 radical (unpaired) electrons. The van der Waals surface area contributed by atoms with E-state index in [9.17, 15) is 14.4 Å². The van der Waals surface area contributed by atoms with Gasteiger partial charge in [-0.2, -0.15) is 0 Å². The fourth-order valence-corrected chi connectivity index (χ4v) is 2.33. The van der Waals surface area contributed by atoms with Crippen molar-refractivity contribution in [1.82, 2.24) is 0 Å². The monoisotopic (exact) mass is 303 g/mol. The van der Waals surface area contributed by atoms with E-state index in [0.29, 0.717) is 12.2 Å². The summed E-state index contributed by atoms with van der Waals surface area (Å²) in [6.07, 6.45) is 0. The molecule has 0 aliphatic carbocycles. The summed E-state index contributed by atoms with van der Waals surface area (Å²) in [5.41, 5.74) is 1.98. The Labute approximate surface area is 129 Å². The van der Waals surface area contributed by atoms with Crippen LogP contribution in [0, 0.1) is 12.7 Å². The molecule has 4 nitrogen and oxygen atoms in total. The highest BCUT2D eigenvalue weighted by atomic mass is 19.1. The van der Waals surface area contributed by atoms with Crippen LogP contribution in [0.3, 0.4) is 0 Å². The number of ether oxygens (including phenoxy) is 1. The Hall–Kier alpha value is -2.05. The molecule has 116 valence electrons. The molecule has 0 spiro atoms. The van der Waals surface area contributed by atoms with E-state index < -0.39 is 12.9 Å². The molecule has 2 aromatic rings. The summed E-state index contributed by atoms with van der Waals surface area (Å²) in [4.78, 5) is 1.73. The molecule has 0 aliphatic rings. The van der Waals surface area contributed by atoms with Crippen molar-refractivity contribution in [3.8, 4) is 5.75 Å². The minimum Gasteiger partial charge on any atom is -0.497 e. The van der Waals surface area contributed by atoms with Gasteiger partial charge in [-0.3, -0.25) is 0 Å². The maximum absolute atomic E-state index is 14.4. The van der Waals surface area contributed by atoms with Crippen LogP contribution in [0.15, 0.2) is 36.4 Å². The second kappa shape index (κ2) is 6.81. The highest BCUT2D eigenvalue weighted by molar-refractivity contribution is 6.58. The van der Waals surface area contributed by atoms with E-state index in [2.05, 4.69) is 0 Å². The van der Waals surface area contributed by atoms with Crippen molar-refractivity contribution in [2.75, 3.05) is 19.1 Å². The predicted molar refractivity (Wildman–Crippen MR) is 86.1 cm³/mol. The molecule has 0 saturated carbocycles. The Morgan fingerprint density at radius 3 is 2.36 bits per heavy atom. The Morgan fingerprint density at radius 1 is 1.18 bits per heavy atom. The van der Waals surface area contributed by atoms with Crippen LogP contribution < -0.4 is 15.1 Å². The molecular weight excluding hydrogens is 284 g/mol. The maximum Gasteiger partial charge on any atom is 0.491 e. The molecule has 6 heteroatoms. The van der Waals surface area contributed by atoms with Crippen molar-refractivity contribution in [3.63, 3.8) is 0 Å². The predicted octanol–water partition coefficient (Wildman–Crippen LogP) is 1.46. The summed E-state index contributed by atoms with van der Waals surface area (Å²) in [7, 11) is 1.54. The second-order valence-corrected chi connectivity index (χ2v) is 5.27. The number of anilines is 1. The van der Waals surface area contributed by atoms with Gasteiger partial charge >= 0.3 is 7.12 Å². The SMILES string of the molecule is COc1ccc(CN(C)c2cc(C)cc(B(O)O)c2F)cc1. The van der Waals surface area contributed by atoms with E-state index in [-0.39, 0.29) is 5.46 Å². The van der Waals surface area contributed by atoms with Crippen LogP contribution in [-0.4, -0.2) is 31.3 Å².